The van der Waals surface area contributed by atoms with Gasteiger partial charge in [-0.3, -0.25) is 4.79 Å². The molecule has 0 atom stereocenters. The molecule has 3 aromatic carbocycles. The van der Waals surface area contributed by atoms with E-state index in [1.54, 1.807) is 54.6 Å². The van der Waals surface area contributed by atoms with Gasteiger partial charge in [-0.25, -0.2) is 22.2 Å². The highest BCUT2D eigenvalue weighted by atomic mass is 19.2. The second-order valence-corrected chi connectivity index (χ2v) is 6.33. The minimum Gasteiger partial charge on any atom is -0.317 e. The van der Waals surface area contributed by atoms with E-state index in [2.05, 4.69) is 5.10 Å². The summed E-state index contributed by atoms with van der Waals surface area (Å²) in [7, 11) is 0. The van der Waals surface area contributed by atoms with E-state index >= 15 is 0 Å². The number of carbonyl (C=O) groups excluding carboxylic acids is 1. The Morgan fingerprint density at radius 1 is 0.833 bits per heavy atom. The molecule has 4 nitrogen and oxygen atoms in total. The average Bonchev–Trinajstić information content (AvgIpc) is 3.22. The first-order valence-electron chi connectivity index (χ1n) is 8.80. The van der Waals surface area contributed by atoms with E-state index in [0.29, 0.717) is 11.3 Å². The smallest absolute Gasteiger partial charge is 0.259 e. The Morgan fingerprint density at radius 3 is 2.00 bits per heavy atom. The van der Waals surface area contributed by atoms with Gasteiger partial charge >= 0.3 is 0 Å². The van der Waals surface area contributed by atoms with Crippen LogP contribution < -0.4 is 5.32 Å². The van der Waals surface area contributed by atoms with Crippen LogP contribution in [0.2, 0.25) is 0 Å². The summed E-state index contributed by atoms with van der Waals surface area (Å²) in [4.78, 5) is 12.8. The quantitative estimate of drug-likeness (QED) is 0.364. The van der Waals surface area contributed by atoms with Crippen LogP contribution in [0.1, 0.15) is 10.4 Å². The summed E-state index contributed by atoms with van der Waals surface area (Å²) in [6.45, 7) is 0. The number of nitrogens with one attached hydrogen (secondary N) is 1. The van der Waals surface area contributed by atoms with Gasteiger partial charge in [-0.2, -0.15) is 5.10 Å². The van der Waals surface area contributed by atoms with Crippen molar-refractivity contribution in [3.8, 4) is 16.9 Å². The molecule has 0 spiro atoms. The molecule has 0 fully saturated rings. The van der Waals surface area contributed by atoms with Crippen LogP contribution in [0.5, 0.6) is 0 Å². The van der Waals surface area contributed by atoms with Crippen molar-refractivity contribution < 1.29 is 22.4 Å². The monoisotopic (exact) mass is 411 g/mol. The molecule has 30 heavy (non-hydrogen) atoms. The third-order valence-corrected chi connectivity index (χ3v) is 4.38. The third kappa shape index (κ3) is 3.55. The molecular weight excluding hydrogens is 398 g/mol. The molecule has 0 radical (unpaired) electrons. The van der Waals surface area contributed by atoms with E-state index in [9.17, 15) is 22.4 Å². The first kappa shape index (κ1) is 19.4. The summed E-state index contributed by atoms with van der Waals surface area (Å²) in [5.41, 5.74) is 0.207. The number of carbonyl (C=O) groups is 1. The highest BCUT2D eigenvalue weighted by molar-refractivity contribution is 6.08. The van der Waals surface area contributed by atoms with Crippen LogP contribution in [0.3, 0.4) is 0 Å². The number of hydrogen-bond acceptors (Lipinski definition) is 2. The molecule has 0 aliphatic carbocycles. The predicted molar refractivity (Wildman–Crippen MR) is 103 cm³/mol. The molecule has 4 aromatic rings. The van der Waals surface area contributed by atoms with Gasteiger partial charge in [0.25, 0.3) is 5.91 Å². The fourth-order valence-corrected chi connectivity index (χ4v) is 2.93. The summed E-state index contributed by atoms with van der Waals surface area (Å²) in [6.07, 6.45) is 1.37. The first-order chi connectivity index (χ1) is 14.5. The largest absolute Gasteiger partial charge is 0.317 e. The Kier molecular flexibility index (Phi) is 5.05. The molecule has 0 saturated carbocycles. The summed E-state index contributed by atoms with van der Waals surface area (Å²) < 4.78 is 56.4. The molecule has 0 unspecified atom stereocenters. The molecule has 1 aromatic heterocycles. The average molecular weight is 411 g/mol. The van der Waals surface area contributed by atoms with Crippen LogP contribution in [0.15, 0.2) is 72.9 Å². The molecule has 1 N–H and O–H groups in total. The Hall–Kier alpha value is -3.94. The zero-order valence-corrected chi connectivity index (χ0v) is 15.2. The topological polar surface area (TPSA) is 46.9 Å². The van der Waals surface area contributed by atoms with Gasteiger partial charge in [0.15, 0.2) is 23.3 Å². The van der Waals surface area contributed by atoms with Crippen LogP contribution in [0, 0.1) is 23.3 Å². The summed E-state index contributed by atoms with van der Waals surface area (Å²) >= 11 is 0. The van der Waals surface area contributed by atoms with Crippen LogP contribution in [-0.4, -0.2) is 15.7 Å². The minimum atomic E-state index is -1.70. The summed E-state index contributed by atoms with van der Waals surface area (Å²) in [5, 5.41) is 6.34. The third-order valence-electron chi connectivity index (χ3n) is 4.38. The molecule has 1 heterocycles. The lowest BCUT2D eigenvalue weighted by Crippen LogP contribution is -2.16. The van der Waals surface area contributed by atoms with Crippen LogP contribution >= 0.6 is 0 Å². The SMILES string of the molecule is O=C(Nc1c(F)c(F)cc(F)c1F)c1cn(-c2ccccc2)nc1-c1ccccc1. The summed E-state index contributed by atoms with van der Waals surface area (Å²) in [5.74, 6) is -7.60. The zero-order valence-electron chi connectivity index (χ0n) is 15.2. The second kappa shape index (κ2) is 7.82. The van der Waals surface area contributed by atoms with Crippen molar-refractivity contribution in [1.29, 1.82) is 0 Å². The van der Waals surface area contributed by atoms with Gasteiger partial charge in [0.1, 0.15) is 11.4 Å². The van der Waals surface area contributed by atoms with Gasteiger partial charge in [0, 0.05) is 17.8 Å². The fourth-order valence-electron chi connectivity index (χ4n) is 2.93. The lowest BCUT2D eigenvalue weighted by molar-refractivity contribution is 0.102. The van der Waals surface area contributed by atoms with Gasteiger partial charge in [0.2, 0.25) is 0 Å². The Labute approximate surface area is 168 Å². The van der Waals surface area contributed by atoms with Crippen LogP contribution in [0.25, 0.3) is 16.9 Å². The lowest BCUT2D eigenvalue weighted by Gasteiger charge is -2.09. The summed E-state index contributed by atoms with van der Waals surface area (Å²) in [6, 6.07) is 17.6. The number of hydrogen-bond donors (Lipinski definition) is 1. The standard InChI is InChI=1S/C22H13F4N3O/c23-16-11-17(24)19(26)21(18(16)25)27-22(30)15-12-29(14-9-5-2-6-10-14)28-20(15)13-7-3-1-4-8-13/h1-12H,(H,27,30). The van der Waals surface area contributed by atoms with E-state index in [1.807, 2.05) is 11.4 Å². The fraction of sp³-hybridized carbons (Fsp3) is 0. The Bertz CT molecular complexity index is 1200. The molecule has 0 aliphatic heterocycles. The Morgan fingerprint density at radius 2 is 1.40 bits per heavy atom. The van der Waals surface area contributed by atoms with Gasteiger partial charge in [-0.05, 0) is 12.1 Å². The van der Waals surface area contributed by atoms with Gasteiger partial charge in [0.05, 0.1) is 11.3 Å². The van der Waals surface area contributed by atoms with Crippen molar-refractivity contribution in [3.63, 3.8) is 0 Å². The van der Waals surface area contributed by atoms with E-state index in [-0.39, 0.29) is 17.3 Å². The molecule has 150 valence electrons. The molecule has 0 aliphatic rings. The maximum Gasteiger partial charge on any atom is 0.259 e. The van der Waals surface area contributed by atoms with Crippen molar-refractivity contribution in [2.75, 3.05) is 5.32 Å². The highest BCUT2D eigenvalue weighted by Gasteiger charge is 2.24. The van der Waals surface area contributed by atoms with Crippen molar-refractivity contribution in [1.82, 2.24) is 9.78 Å². The van der Waals surface area contributed by atoms with Gasteiger partial charge in [-0.15, -0.1) is 0 Å². The van der Waals surface area contributed by atoms with Crippen molar-refractivity contribution in [3.05, 3.63) is 102 Å². The molecule has 8 heteroatoms. The maximum atomic E-state index is 14.0. The highest BCUT2D eigenvalue weighted by Crippen LogP contribution is 2.28. The van der Waals surface area contributed by atoms with Crippen molar-refractivity contribution in [2.24, 2.45) is 0 Å². The lowest BCUT2D eigenvalue weighted by atomic mass is 10.1. The van der Waals surface area contributed by atoms with E-state index < -0.39 is 34.9 Å². The molecule has 0 saturated heterocycles. The van der Waals surface area contributed by atoms with E-state index in [0.717, 1.165) is 0 Å². The molecule has 1 amide bonds. The number of halogens is 4. The number of rotatable bonds is 4. The van der Waals surface area contributed by atoms with Gasteiger partial charge in [-0.1, -0.05) is 48.5 Å². The minimum absolute atomic E-state index is 0.0338. The van der Waals surface area contributed by atoms with Crippen LogP contribution in [-0.2, 0) is 0 Å². The van der Waals surface area contributed by atoms with Gasteiger partial charge < -0.3 is 5.32 Å². The van der Waals surface area contributed by atoms with E-state index in [1.165, 1.54) is 10.9 Å². The molecule has 0 bridgehead atoms. The normalized spacial score (nSPS) is 10.8. The van der Waals surface area contributed by atoms with E-state index in [4.69, 9.17) is 0 Å². The number of amides is 1. The number of nitrogens with zero attached hydrogens (tertiary/aromatic N) is 2. The Balaban J connectivity index is 1.80. The number of para-hydroxylation sites is 1. The maximum absolute atomic E-state index is 14.0. The first-order valence-corrected chi connectivity index (χ1v) is 8.80. The van der Waals surface area contributed by atoms with Crippen molar-refractivity contribution >= 4 is 11.6 Å². The van der Waals surface area contributed by atoms with Crippen LogP contribution in [0.4, 0.5) is 23.2 Å². The predicted octanol–water partition coefficient (Wildman–Crippen LogP) is 5.35. The number of anilines is 1. The zero-order chi connectivity index (χ0) is 21.3. The second-order valence-electron chi connectivity index (χ2n) is 6.33. The number of aromatic nitrogens is 2. The molecule has 4 rings (SSSR count). The van der Waals surface area contributed by atoms with Crippen molar-refractivity contribution in [2.45, 2.75) is 0 Å². The molecular formula is C22H13F4N3O. The number of benzene rings is 3.